The van der Waals surface area contributed by atoms with Crippen molar-refractivity contribution >= 4 is 34.8 Å². The molecule has 4 nitrogen and oxygen atoms in total. The van der Waals surface area contributed by atoms with Gasteiger partial charge in [0.2, 0.25) is 0 Å². The third-order valence-corrected chi connectivity index (χ3v) is 6.79. The van der Waals surface area contributed by atoms with Crippen molar-refractivity contribution in [2.45, 2.75) is 35.9 Å². The second kappa shape index (κ2) is 8.81. The number of aromatic nitrogens is 1. The summed E-state index contributed by atoms with van der Waals surface area (Å²) in [4.78, 5) is 7.88. The summed E-state index contributed by atoms with van der Waals surface area (Å²) in [6.07, 6.45) is 1.81. The van der Waals surface area contributed by atoms with Crippen LogP contribution in [0.3, 0.4) is 0 Å². The molecule has 1 aliphatic heterocycles. The Hall–Kier alpha value is -3.09. The SMILES string of the molecule is Cc1ccc(Sc2ccc([C@@H]3[C@H](c4ccccn4)NC(=S)N3c3ccc(C)cc3)o2)cc1. The van der Waals surface area contributed by atoms with Crippen molar-refractivity contribution in [3.8, 4) is 0 Å². The molecule has 0 amide bonds. The minimum atomic E-state index is -0.146. The Bertz CT molecular complexity index is 1220. The Kier molecular flexibility index (Phi) is 5.72. The second-order valence-electron chi connectivity index (χ2n) is 7.90. The predicted molar refractivity (Wildman–Crippen MR) is 133 cm³/mol. The summed E-state index contributed by atoms with van der Waals surface area (Å²) < 4.78 is 6.37. The van der Waals surface area contributed by atoms with Gasteiger partial charge in [0.15, 0.2) is 10.2 Å². The van der Waals surface area contributed by atoms with E-state index >= 15 is 0 Å². The molecule has 0 bridgehead atoms. The van der Waals surface area contributed by atoms with Gasteiger partial charge in [-0.2, -0.15) is 0 Å². The molecule has 6 heteroatoms. The second-order valence-corrected chi connectivity index (χ2v) is 9.37. The zero-order valence-electron chi connectivity index (χ0n) is 17.9. The van der Waals surface area contributed by atoms with Crippen LogP contribution in [0.25, 0.3) is 0 Å². The fraction of sp³-hybridized carbons (Fsp3) is 0.154. The first-order valence-electron chi connectivity index (χ1n) is 10.5. The summed E-state index contributed by atoms with van der Waals surface area (Å²) >= 11 is 7.39. The van der Waals surface area contributed by atoms with Gasteiger partial charge in [-0.05, 0) is 74.6 Å². The molecule has 1 N–H and O–H groups in total. The Labute approximate surface area is 197 Å². The molecule has 1 fully saturated rings. The number of thiocarbonyl (C=S) groups is 1. The van der Waals surface area contributed by atoms with Crippen molar-refractivity contribution in [3.05, 3.63) is 108 Å². The highest BCUT2D eigenvalue weighted by Gasteiger charge is 2.42. The van der Waals surface area contributed by atoms with Crippen LogP contribution in [0.15, 0.2) is 99.5 Å². The summed E-state index contributed by atoms with van der Waals surface area (Å²) in [7, 11) is 0. The van der Waals surface area contributed by atoms with Gasteiger partial charge >= 0.3 is 0 Å². The molecule has 32 heavy (non-hydrogen) atoms. The van der Waals surface area contributed by atoms with Crippen LogP contribution in [0.2, 0.25) is 0 Å². The predicted octanol–water partition coefficient (Wildman–Crippen LogP) is 6.62. The number of nitrogens with zero attached hydrogens (tertiary/aromatic N) is 2. The molecule has 160 valence electrons. The van der Waals surface area contributed by atoms with Gasteiger partial charge in [0.1, 0.15) is 11.8 Å². The fourth-order valence-electron chi connectivity index (χ4n) is 3.90. The highest BCUT2D eigenvalue weighted by molar-refractivity contribution is 7.99. The monoisotopic (exact) mass is 457 g/mol. The van der Waals surface area contributed by atoms with Gasteiger partial charge in [-0.25, -0.2) is 0 Å². The van der Waals surface area contributed by atoms with Crippen molar-refractivity contribution in [1.29, 1.82) is 0 Å². The van der Waals surface area contributed by atoms with Gasteiger partial charge in [0.05, 0.1) is 11.7 Å². The van der Waals surface area contributed by atoms with E-state index in [9.17, 15) is 0 Å². The van der Waals surface area contributed by atoms with E-state index in [1.54, 1.807) is 11.8 Å². The molecule has 0 aliphatic carbocycles. The van der Waals surface area contributed by atoms with Crippen LogP contribution in [0.5, 0.6) is 0 Å². The first kappa shape index (κ1) is 20.8. The molecule has 0 saturated carbocycles. The minimum Gasteiger partial charge on any atom is -0.452 e. The third kappa shape index (κ3) is 4.16. The van der Waals surface area contributed by atoms with Gasteiger partial charge in [-0.15, -0.1) is 0 Å². The van der Waals surface area contributed by atoms with Crippen LogP contribution in [0, 0.1) is 13.8 Å². The van der Waals surface area contributed by atoms with Crippen LogP contribution in [0.1, 0.15) is 34.7 Å². The van der Waals surface area contributed by atoms with E-state index in [1.165, 1.54) is 11.1 Å². The van der Waals surface area contributed by atoms with Crippen LogP contribution in [-0.2, 0) is 0 Å². The molecule has 1 aliphatic rings. The smallest absolute Gasteiger partial charge is 0.174 e. The summed E-state index contributed by atoms with van der Waals surface area (Å²) in [5.74, 6) is 0.850. The zero-order chi connectivity index (χ0) is 22.1. The molecule has 2 aromatic heterocycles. The average Bonchev–Trinajstić information content (AvgIpc) is 3.40. The summed E-state index contributed by atoms with van der Waals surface area (Å²) in [5.41, 5.74) is 4.41. The minimum absolute atomic E-state index is 0.117. The van der Waals surface area contributed by atoms with Gasteiger partial charge in [0.25, 0.3) is 0 Å². The van der Waals surface area contributed by atoms with Crippen LogP contribution in [-0.4, -0.2) is 10.1 Å². The van der Waals surface area contributed by atoms with E-state index in [-0.39, 0.29) is 12.1 Å². The Morgan fingerprint density at radius 3 is 2.31 bits per heavy atom. The van der Waals surface area contributed by atoms with Crippen molar-refractivity contribution in [1.82, 2.24) is 10.3 Å². The number of rotatable bonds is 5. The first-order valence-corrected chi connectivity index (χ1v) is 11.7. The van der Waals surface area contributed by atoms with Gasteiger partial charge in [-0.3, -0.25) is 4.98 Å². The van der Waals surface area contributed by atoms with Crippen molar-refractivity contribution < 1.29 is 4.42 Å². The van der Waals surface area contributed by atoms with Gasteiger partial charge in [-0.1, -0.05) is 53.2 Å². The Morgan fingerprint density at radius 2 is 1.62 bits per heavy atom. The summed E-state index contributed by atoms with van der Waals surface area (Å²) in [6.45, 7) is 4.17. The van der Waals surface area contributed by atoms with Crippen molar-refractivity contribution in [3.63, 3.8) is 0 Å². The maximum atomic E-state index is 6.37. The third-order valence-electron chi connectivity index (χ3n) is 5.54. The Morgan fingerprint density at radius 1 is 0.906 bits per heavy atom. The van der Waals surface area contributed by atoms with Crippen molar-refractivity contribution in [2.75, 3.05) is 4.90 Å². The molecule has 0 radical (unpaired) electrons. The normalized spacial score (nSPS) is 18.1. The topological polar surface area (TPSA) is 41.3 Å². The number of furan rings is 1. The van der Waals surface area contributed by atoms with E-state index in [2.05, 4.69) is 77.6 Å². The standard InChI is InChI=1S/C26H23N3OS2/c1-17-6-10-19(11-7-17)29-25(24(28-26(29)31)21-5-3-4-16-27-21)22-14-15-23(30-22)32-20-12-8-18(2)9-13-20/h3-16,24-25H,1-2H3,(H,28,31)/t24-,25+/m0/s1. The number of nitrogens with one attached hydrogen (secondary N) is 1. The molecule has 2 aromatic carbocycles. The van der Waals surface area contributed by atoms with E-state index in [0.717, 1.165) is 27.1 Å². The lowest BCUT2D eigenvalue weighted by molar-refractivity contribution is 0.383. The van der Waals surface area contributed by atoms with Gasteiger partial charge < -0.3 is 14.6 Å². The molecular formula is C26H23N3OS2. The molecule has 2 atom stereocenters. The summed E-state index contributed by atoms with van der Waals surface area (Å²) in [5, 5.41) is 4.99. The largest absolute Gasteiger partial charge is 0.452 e. The first-order chi connectivity index (χ1) is 15.6. The quantitative estimate of drug-likeness (QED) is 0.340. The molecular weight excluding hydrogens is 434 g/mol. The maximum Gasteiger partial charge on any atom is 0.174 e. The number of aryl methyl sites for hydroxylation is 2. The van der Waals surface area contributed by atoms with Crippen LogP contribution in [0.4, 0.5) is 5.69 Å². The maximum absolute atomic E-state index is 6.37. The molecule has 0 unspecified atom stereocenters. The molecule has 0 spiro atoms. The number of anilines is 1. The Balaban J connectivity index is 1.52. The van der Waals surface area contributed by atoms with E-state index < -0.39 is 0 Å². The molecule has 5 rings (SSSR count). The lowest BCUT2D eigenvalue weighted by Gasteiger charge is -2.26. The van der Waals surface area contributed by atoms with E-state index in [4.69, 9.17) is 16.6 Å². The van der Waals surface area contributed by atoms with Crippen LogP contribution < -0.4 is 10.2 Å². The van der Waals surface area contributed by atoms with Crippen molar-refractivity contribution in [2.24, 2.45) is 0 Å². The fourth-order valence-corrected chi connectivity index (χ4v) is 5.02. The van der Waals surface area contributed by atoms with E-state index in [0.29, 0.717) is 5.11 Å². The average molecular weight is 458 g/mol. The molecule has 1 saturated heterocycles. The lowest BCUT2D eigenvalue weighted by atomic mass is 10.0. The van der Waals surface area contributed by atoms with Gasteiger partial charge in [0, 0.05) is 16.8 Å². The molecule has 4 aromatic rings. The lowest BCUT2D eigenvalue weighted by Crippen LogP contribution is -2.29. The number of hydrogen-bond donors (Lipinski definition) is 1. The number of benzene rings is 2. The molecule has 3 heterocycles. The number of pyridine rings is 1. The highest BCUT2D eigenvalue weighted by atomic mass is 32.2. The highest BCUT2D eigenvalue weighted by Crippen LogP contribution is 2.43. The number of hydrogen-bond acceptors (Lipinski definition) is 4. The zero-order valence-corrected chi connectivity index (χ0v) is 19.5. The van der Waals surface area contributed by atoms with Crippen LogP contribution >= 0.6 is 24.0 Å². The summed E-state index contributed by atoms with van der Waals surface area (Å²) in [6, 6.07) is 26.6. The van der Waals surface area contributed by atoms with E-state index in [1.807, 2.05) is 36.5 Å².